The summed E-state index contributed by atoms with van der Waals surface area (Å²) < 4.78 is 23.7. The van der Waals surface area contributed by atoms with Crippen LogP contribution in [0.15, 0.2) is 28.1 Å². The number of thiocarbonyl (C=S) groups is 1. The maximum atomic E-state index is 11.8. The number of nitrogens with two attached hydrogens (primary N) is 2. The maximum Gasteiger partial charge on any atom is 0.192 e. The summed E-state index contributed by atoms with van der Waals surface area (Å²) in [5, 5.41) is 18.3. The minimum absolute atomic E-state index is 0.00818. The molecule has 0 saturated carbocycles. The van der Waals surface area contributed by atoms with Crippen molar-refractivity contribution < 1.29 is 18.6 Å². The number of sulfone groups is 1. The lowest BCUT2D eigenvalue weighted by molar-refractivity contribution is 0.0950. The van der Waals surface area contributed by atoms with Crippen LogP contribution in [0.1, 0.15) is 11.1 Å². The Labute approximate surface area is 128 Å². The van der Waals surface area contributed by atoms with E-state index < -0.39 is 22.5 Å². The minimum Gasteiger partial charge on any atom is -0.394 e. The zero-order chi connectivity index (χ0) is 16.2. The van der Waals surface area contributed by atoms with Crippen LogP contribution in [0.3, 0.4) is 0 Å². The van der Waals surface area contributed by atoms with E-state index in [1.54, 1.807) is 6.07 Å². The third-order valence-electron chi connectivity index (χ3n) is 2.61. The van der Waals surface area contributed by atoms with Gasteiger partial charge in [0.25, 0.3) is 0 Å². The summed E-state index contributed by atoms with van der Waals surface area (Å²) in [6.45, 7) is -0.461. The zero-order valence-corrected chi connectivity index (χ0v) is 13.0. The fourth-order valence-electron chi connectivity index (χ4n) is 1.70. The minimum atomic E-state index is -3.54. The summed E-state index contributed by atoms with van der Waals surface area (Å²) in [7, 11) is -3.54. The molecule has 116 valence electrons. The molecule has 0 radical (unpaired) electrons. The van der Waals surface area contributed by atoms with Crippen molar-refractivity contribution in [2.45, 2.75) is 17.4 Å². The van der Waals surface area contributed by atoms with E-state index in [0.29, 0.717) is 11.1 Å². The van der Waals surface area contributed by atoms with E-state index in [0.717, 1.165) is 6.26 Å². The van der Waals surface area contributed by atoms with Crippen molar-refractivity contribution in [2.75, 3.05) is 12.9 Å². The number of hydrogen-bond donors (Lipinski definition) is 4. The molecule has 1 rings (SSSR count). The number of guanidine groups is 1. The van der Waals surface area contributed by atoms with Gasteiger partial charge in [-0.1, -0.05) is 24.4 Å². The van der Waals surface area contributed by atoms with Crippen molar-refractivity contribution in [1.29, 1.82) is 0 Å². The van der Waals surface area contributed by atoms with Crippen LogP contribution in [-0.4, -0.2) is 48.5 Å². The van der Waals surface area contributed by atoms with Gasteiger partial charge in [-0.3, -0.25) is 0 Å². The van der Waals surface area contributed by atoms with Gasteiger partial charge in [-0.25, -0.2) is 13.4 Å². The van der Waals surface area contributed by atoms with E-state index >= 15 is 0 Å². The molecule has 7 nitrogen and oxygen atoms in total. The molecule has 0 aliphatic rings. The molecule has 0 saturated heterocycles. The Hall–Kier alpha value is -1.55. The van der Waals surface area contributed by atoms with E-state index in [1.165, 1.54) is 12.1 Å². The quantitative estimate of drug-likeness (QED) is 0.306. The number of nitrogens with zero attached hydrogens (tertiary/aromatic N) is 1. The normalized spacial score (nSPS) is 12.7. The van der Waals surface area contributed by atoms with E-state index in [9.17, 15) is 13.5 Å². The fourth-order valence-corrected chi connectivity index (χ4v) is 2.90. The van der Waals surface area contributed by atoms with E-state index in [-0.39, 0.29) is 22.3 Å². The molecule has 1 aromatic carbocycles. The van der Waals surface area contributed by atoms with Crippen LogP contribution in [0.5, 0.6) is 0 Å². The van der Waals surface area contributed by atoms with Crippen LogP contribution in [-0.2, 0) is 16.3 Å². The first-order chi connectivity index (χ1) is 9.65. The van der Waals surface area contributed by atoms with E-state index in [2.05, 4.69) is 4.99 Å². The lowest BCUT2D eigenvalue weighted by atomic mass is 10.1. The van der Waals surface area contributed by atoms with Gasteiger partial charge in [-0.05, 0) is 11.6 Å². The summed E-state index contributed by atoms with van der Waals surface area (Å²) in [5.74, 6) is -0.222. The standard InChI is InChI=1S/C12H17N3O4S2/c1-21(18,19)10-5-8(11(20)15-12(13)14)3-2-7(10)4-9(17)6-16/h2-3,5,9,16-17H,4,6H2,1H3,(H4,13,14,15,20). The first-order valence-electron chi connectivity index (χ1n) is 5.91. The fraction of sp³-hybridized carbons (Fsp3) is 0.333. The number of rotatable bonds is 5. The largest absolute Gasteiger partial charge is 0.394 e. The molecule has 0 aliphatic heterocycles. The molecule has 1 aromatic rings. The molecule has 0 amide bonds. The number of hydrogen-bond acceptors (Lipinski definition) is 5. The van der Waals surface area contributed by atoms with Gasteiger partial charge in [0.05, 0.1) is 17.6 Å². The van der Waals surface area contributed by atoms with Gasteiger partial charge in [0.15, 0.2) is 15.8 Å². The molecular formula is C12H17N3O4S2. The predicted octanol–water partition coefficient (Wildman–Crippen LogP) is -1.07. The molecule has 0 heterocycles. The second-order valence-corrected chi connectivity index (χ2v) is 6.85. The van der Waals surface area contributed by atoms with Crippen molar-refractivity contribution >= 4 is 33.0 Å². The van der Waals surface area contributed by atoms with Crippen molar-refractivity contribution in [3.8, 4) is 0 Å². The molecule has 1 unspecified atom stereocenters. The van der Waals surface area contributed by atoms with Crippen molar-refractivity contribution in [3.05, 3.63) is 29.3 Å². The third kappa shape index (κ3) is 5.05. The molecule has 0 fully saturated rings. The van der Waals surface area contributed by atoms with Crippen LogP contribution in [0.2, 0.25) is 0 Å². The summed E-state index contributed by atoms with van der Waals surface area (Å²) in [5.41, 5.74) is 11.2. The molecule has 0 aromatic heterocycles. The Bertz CT molecular complexity index is 667. The SMILES string of the molecule is CS(=O)(=O)c1cc(C(=S)N=C(N)N)ccc1CC(O)CO. The van der Waals surface area contributed by atoms with Gasteiger partial charge in [0.2, 0.25) is 0 Å². The Balaban J connectivity index is 3.32. The number of aliphatic imine (C=N–C) groups is 1. The topological polar surface area (TPSA) is 139 Å². The maximum absolute atomic E-state index is 11.8. The van der Waals surface area contributed by atoms with Crippen LogP contribution in [0.4, 0.5) is 0 Å². The summed E-state index contributed by atoms with van der Waals surface area (Å²) in [6.07, 6.45) is 0.0136. The van der Waals surface area contributed by atoms with Crippen LogP contribution in [0.25, 0.3) is 0 Å². The van der Waals surface area contributed by atoms with Crippen LogP contribution >= 0.6 is 12.2 Å². The predicted molar refractivity (Wildman–Crippen MR) is 83.9 cm³/mol. The summed E-state index contributed by atoms with van der Waals surface area (Å²) in [6, 6.07) is 4.42. The molecular weight excluding hydrogens is 314 g/mol. The second-order valence-electron chi connectivity index (χ2n) is 4.48. The highest BCUT2D eigenvalue weighted by Gasteiger charge is 2.17. The number of aliphatic hydroxyl groups excluding tert-OH is 2. The van der Waals surface area contributed by atoms with E-state index in [1.807, 2.05) is 0 Å². The Morgan fingerprint density at radius 1 is 1.43 bits per heavy atom. The second kappa shape index (κ2) is 6.94. The first-order valence-corrected chi connectivity index (χ1v) is 8.21. The Morgan fingerprint density at radius 3 is 2.52 bits per heavy atom. The molecule has 6 N–H and O–H groups in total. The van der Waals surface area contributed by atoms with Gasteiger partial charge in [0.1, 0.15) is 4.99 Å². The van der Waals surface area contributed by atoms with Gasteiger partial charge in [-0.2, -0.15) is 0 Å². The van der Waals surface area contributed by atoms with Gasteiger partial charge >= 0.3 is 0 Å². The lowest BCUT2D eigenvalue weighted by Gasteiger charge is -2.12. The number of aliphatic hydroxyl groups is 2. The van der Waals surface area contributed by atoms with Crippen molar-refractivity contribution in [3.63, 3.8) is 0 Å². The van der Waals surface area contributed by atoms with Crippen molar-refractivity contribution in [1.82, 2.24) is 0 Å². The highest BCUT2D eigenvalue weighted by molar-refractivity contribution is 7.90. The average molecular weight is 331 g/mol. The van der Waals surface area contributed by atoms with Gasteiger partial charge in [-0.15, -0.1) is 0 Å². The third-order valence-corrected chi connectivity index (χ3v) is 4.12. The molecule has 9 heteroatoms. The molecule has 0 aliphatic carbocycles. The smallest absolute Gasteiger partial charge is 0.192 e. The van der Waals surface area contributed by atoms with Crippen LogP contribution in [0, 0.1) is 0 Å². The molecule has 1 atom stereocenters. The highest BCUT2D eigenvalue weighted by Crippen LogP contribution is 2.20. The number of benzene rings is 1. The zero-order valence-electron chi connectivity index (χ0n) is 11.4. The first kappa shape index (κ1) is 17.5. The summed E-state index contributed by atoms with van der Waals surface area (Å²) >= 11 is 5.00. The average Bonchev–Trinajstić information content (AvgIpc) is 2.36. The summed E-state index contributed by atoms with van der Waals surface area (Å²) in [4.78, 5) is 3.78. The monoisotopic (exact) mass is 331 g/mol. The molecule has 0 bridgehead atoms. The lowest BCUT2D eigenvalue weighted by Crippen LogP contribution is -2.24. The van der Waals surface area contributed by atoms with Crippen molar-refractivity contribution in [2.24, 2.45) is 16.5 Å². The molecule has 21 heavy (non-hydrogen) atoms. The van der Waals surface area contributed by atoms with Gasteiger partial charge in [0, 0.05) is 18.2 Å². The van der Waals surface area contributed by atoms with E-state index in [4.69, 9.17) is 28.8 Å². The Morgan fingerprint density at radius 2 is 2.05 bits per heavy atom. The van der Waals surface area contributed by atoms with Crippen LogP contribution < -0.4 is 11.5 Å². The highest BCUT2D eigenvalue weighted by atomic mass is 32.2. The molecule has 0 spiro atoms. The van der Waals surface area contributed by atoms with Gasteiger partial charge < -0.3 is 21.7 Å². The Kier molecular flexibility index (Phi) is 5.78.